The van der Waals surface area contributed by atoms with E-state index >= 15 is 0 Å². The Hall–Kier alpha value is -2.36. The van der Waals surface area contributed by atoms with Gasteiger partial charge in [-0.3, -0.25) is 9.69 Å². The van der Waals surface area contributed by atoms with Gasteiger partial charge in [-0.05, 0) is 30.5 Å². The van der Waals surface area contributed by atoms with Crippen molar-refractivity contribution in [1.82, 2.24) is 9.80 Å². The van der Waals surface area contributed by atoms with Gasteiger partial charge >= 0.3 is 0 Å². The molecule has 1 saturated heterocycles. The molecule has 1 aliphatic rings. The number of benzene rings is 1. The van der Waals surface area contributed by atoms with Crippen molar-refractivity contribution in [2.24, 2.45) is 0 Å². The molecule has 0 spiro atoms. The van der Waals surface area contributed by atoms with Crippen LogP contribution in [0.2, 0.25) is 0 Å². The number of amides is 1. The molecule has 26 heavy (non-hydrogen) atoms. The van der Waals surface area contributed by atoms with Crippen molar-refractivity contribution in [2.45, 2.75) is 26.2 Å². The summed E-state index contributed by atoms with van der Waals surface area (Å²) in [6.07, 6.45) is 4.99. The van der Waals surface area contributed by atoms with Crippen LogP contribution in [-0.4, -0.2) is 60.1 Å². The third-order valence-electron chi connectivity index (χ3n) is 4.53. The molecular formula is C20H28N4O2. The number of β-amino-alcohol motifs (C(OH)–C–C–N with tert-alkyl or cyclic N) is 1. The first kappa shape index (κ1) is 20.0. The van der Waals surface area contributed by atoms with Gasteiger partial charge in [0, 0.05) is 44.6 Å². The first-order valence-electron chi connectivity index (χ1n) is 9.25. The molecule has 6 nitrogen and oxygen atoms in total. The second-order valence-corrected chi connectivity index (χ2v) is 6.51. The van der Waals surface area contributed by atoms with Gasteiger partial charge in [-0.2, -0.15) is 5.26 Å². The van der Waals surface area contributed by atoms with Crippen LogP contribution in [0.1, 0.15) is 25.3 Å². The fourth-order valence-electron chi connectivity index (χ4n) is 2.91. The zero-order valence-electron chi connectivity index (χ0n) is 15.4. The molecule has 0 atom stereocenters. The monoisotopic (exact) mass is 356 g/mol. The van der Waals surface area contributed by atoms with Gasteiger partial charge in [0.25, 0.3) is 5.91 Å². The quantitative estimate of drug-likeness (QED) is 0.550. The third-order valence-corrected chi connectivity index (χ3v) is 4.53. The lowest BCUT2D eigenvalue weighted by atomic mass is 10.1. The molecule has 0 aliphatic carbocycles. The Morgan fingerprint density at radius 3 is 2.54 bits per heavy atom. The Labute approximate surface area is 155 Å². The zero-order chi connectivity index (χ0) is 18.8. The Kier molecular flexibility index (Phi) is 8.13. The smallest absolute Gasteiger partial charge is 0.267 e. The van der Waals surface area contributed by atoms with Gasteiger partial charge in [0.05, 0.1) is 6.61 Å². The number of carbonyl (C=O) groups is 1. The van der Waals surface area contributed by atoms with Crippen molar-refractivity contribution >= 4 is 11.6 Å². The largest absolute Gasteiger partial charge is 0.395 e. The Bertz CT molecular complexity index is 641. The van der Waals surface area contributed by atoms with Crippen LogP contribution >= 0.6 is 0 Å². The van der Waals surface area contributed by atoms with Crippen molar-refractivity contribution in [3.05, 3.63) is 41.6 Å². The van der Waals surface area contributed by atoms with Gasteiger partial charge < -0.3 is 15.3 Å². The number of carbonyl (C=O) groups excluding carboxylic acids is 1. The SMILES string of the molecule is CCCCc1ccc(NC(=O)/C(C#N)=C\N2CCN(CCO)CC2)cc1. The van der Waals surface area contributed by atoms with E-state index in [-0.39, 0.29) is 18.1 Å². The highest BCUT2D eigenvalue weighted by Crippen LogP contribution is 2.13. The molecule has 1 aliphatic heterocycles. The Morgan fingerprint density at radius 1 is 1.27 bits per heavy atom. The van der Waals surface area contributed by atoms with Gasteiger partial charge in [0.15, 0.2) is 0 Å². The highest BCUT2D eigenvalue weighted by molar-refractivity contribution is 6.06. The van der Waals surface area contributed by atoms with E-state index in [0.717, 1.165) is 45.4 Å². The molecule has 1 aromatic rings. The summed E-state index contributed by atoms with van der Waals surface area (Å²) in [5.41, 5.74) is 2.06. The van der Waals surface area contributed by atoms with Crippen LogP contribution in [-0.2, 0) is 11.2 Å². The van der Waals surface area contributed by atoms with Gasteiger partial charge in [0.1, 0.15) is 11.6 Å². The summed E-state index contributed by atoms with van der Waals surface area (Å²) < 4.78 is 0. The number of aliphatic hydroxyl groups is 1. The average molecular weight is 356 g/mol. The summed E-state index contributed by atoms with van der Waals surface area (Å²) in [5, 5.41) is 21.1. The predicted octanol–water partition coefficient (Wildman–Crippen LogP) is 1.99. The van der Waals surface area contributed by atoms with E-state index in [4.69, 9.17) is 5.11 Å². The maximum atomic E-state index is 12.4. The van der Waals surface area contributed by atoms with Crippen LogP contribution in [0.15, 0.2) is 36.0 Å². The van der Waals surface area contributed by atoms with Crippen molar-refractivity contribution in [3.63, 3.8) is 0 Å². The number of hydrogen-bond acceptors (Lipinski definition) is 5. The molecule has 140 valence electrons. The second-order valence-electron chi connectivity index (χ2n) is 6.51. The van der Waals surface area contributed by atoms with Gasteiger partial charge in [0.2, 0.25) is 0 Å². The normalized spacial score (nSPS) is 15.6. The average Bonchev–Trinajstić information content (AvgIpc) is 2.67. The summed E-state index contributed by atoms with van der Waals surface area (Å²) in [6, 6.07) is 9.79. The summed E-state index contributed by atoms with van der Waals surface area (Å²) in [6.45, 7) is 6.09. The molecule has 0 aromatic heterocycles. The number of aliphatic hydroxyl groups excluding tert-OH is 1. The fraction of sp³-hybridized carbons (Fsp3) is 0.500. The first-order chi connectivity index (χ1) is 12.7. The minimum atomic E-state index is -0.383. The number of nitrogens with zero attached hydrogens (tertiary/aromatic N) is 3. The first-order valence-corrected chi connectivity index (χ1v) is 9.25. The summed E-state index contributed by atoms with van der Waals surface area (Å²) in [4.78, 5) is 16.5. The van der Waals surface area contributed by atoms with E-state index in [9.17, 15) is 10.1 Å². The number of piperazine rings is 1. The lowest BCUT2D eigenvalue weighted by Gasteiger charge is -2.33. The molecule has 2 N–H and O–H groups in total. The highest BCUT2D eigenvalue weighted by Gasteiger charge is 2.17. The van der Waals surface area contributed by atoms with Crippen LogP contribution in [0, 0.1) is 11.3 Å². The minimum Gasteiger partial charge on any atom is -0.395 e. The van der Waals surface area contributed by atoms with E-state index in [0.29, 0.717) is 12.2 Å². The van der Waals surface area contributed by atoms with E-state index in [2.05, 4.69) is 17.1 Å². The van der Waals surface area contributed by atoms with E-state index in [1.165, 1.54) is 5.56 Å². The maximum Gasteiger partial charge on any atom is 0.267 e. The van der Waals surface area contributed by atoms with E-state index in [1.54, 1.807) is 6.20 Å². The predicted molar refractivity (Wildman–Crippen MR) is 102 cm³/mol. The number of aryl methyl sites for hydroxylation is 1. The molecule has 0 radical (unpaired) electrons. The molecule has 0 bridgehead atoms. The zero-order valence-corrected chi connectivity index (χ0v) is 15.4. The minimum absolute atomic E-state index is 0.107. The molecule has 2 rings (SSSR count). The number of unbranched alkanes of at least 4 members (excludes halogenated alkanes) is 1. The standard InChI is InChI=1S/C20H28N4O2/c1-2-3-4-17-5-7-19(8-6-17)22-20(26)18(15-21)16-24-11-9-23(10-12-24)13-14-25/h5-8,16,25H,2-4,9-14H2,1H3,(H,22,26)/b18-16-. The van der Waals surface area contributed by atoms with Crippen LogP contribution in [0.4, 0.5) is 5.69 Å². The van der Waals surface area contributed by atoms with Crippen molar-refractivity contribution in [1.29, 1.82) is 5.26 Å². The lowest BCUT2D eigenvalue weighted by molar-refractivity contribution is -0.112. The maximum absolute atomic E-state index is 12.4. The highest BCUT2D eigenvalue weighted by atomic mass is 16.3. The second kappa shape index (κ2) is 10.6. The molecule has 1 heterocycles. The van der Waals surface area contributed by atoms with Crippen molar-refractivity contribution < 1.29 is 9.90 Å². The van der Waals surface area contributed by atoms with Crippen LogP contribution < -0.4 is 5.32 Å². The summed E-state index contributed by atoms with van der Waals surface area (Å²) in [5.74, 6) is -0.383. The van der Waals surface area contributed by atoms with Crippen LogP contribution in [0.5, 0.6) is 0 Å². The molecule has 1 amide bonds. The number of hydrogen-bond donors (Lipinski definition) is 2. The van der Waals surface area contributed by atoms with Gasteiger partial charge in [-0.1, -0.05) is 25.5 Å². The van der Waals surface area contributed by atoms with Gasteiger partial charge in [-0.25, -0.2) is 0 Å². The third kappa shape index (κ3) is 6.17. The Morgan fingerprint density at radius 2 is 1.96 bits per heavy atom. The molecule has 1 fully saturated rings. The lowest BCUT2D eigenvalue weighted by Crippen LogP contribution is -2.45. The Balaban J connectivity index is 1.91. The molecule has 6 heteroatoms. The van der Waals surface area contributed by atoms with Gasteiger partial charge in [-0.15, -0.1) is 0 Å². The topological polar surface area (TPSA) is 79.6 Å². The van der Waals surface area contributed by atoms with Crippen molar-refractivity contribution in [3.8, 4) is 6.07 Å². The molecular weight excluding hydrogens is 328 g/mol. The number of nitriles is 1. The molecule has 1 aromatic carbocycles. The van der Waals surface area contributed by atoms with E-state index in [1.807, 2.05) is 35.2 Å². The number of nitrogens with one attached hydrogen (secondary N) is 1. The van der Waals surface area contributed by atoms with Crippen molar-refractivity contribution in [2.75, 3.05) is 44.6 Å². The molecule has 0 unspecified atom stereocenters. The van der Waals surface area contributed by atoms with Crippen LogP contribution in [0.25, 0.3) is 0 Å². The molecule has 0 saturated carbocycles. The number of anilines is 1. The van der Waals surface area contributed by atoms with Crippen LogP contribution in [0.3, 0.4) is 0 Å². The summed E-state index contributed by atoms with van der Waals surface area (Å²) >= 11 is 0. The fourth-order valence-corrected chi connectivity index (χ4v) is 2.91. The van der Waals surface area contributed by atoms with E-state index < -0.39 is 0 Å². The number of rotatable bonds is 8. The summed E-state index contributed by atoms with van der Waals surface area (Å²) in [7, 11) is 0.